The number of amides is 1. The molecule has 1 aromatic carbocycles. The van der Waals surface area contributed by atoms with Crippen LogP contribution in [0.3, 0.4) is 0 Å². The molecule has 2 fully saturated rings. The van der Waals surface area contributed by atoms with Crippen molar-refractivity contribution in [1.29, 1.82) is 0 Å². The summed E-state index contributed by atoms with van der Waals surface area (Å²) in [4.78, 5) is 14.8. The third-order valence-electron chi connectivity index (χ3n) is 5.54. The SMILES string of the molecule is CC(=O)N[C@@H]1[C@@H](OC[C@@H]2C=CC=CC2)[C@@H]2O[C@H](c3ccccc3)OC[C@H]2O[C@H]1N=[N+]=[N-]. The number of rotatable bonds is 6. The largest absolute Gasteiger partial charge is 0.373 e. The van der Waals surface area contributed by atoms with Gasteiger partial charge in [0.25, 0.3) is 0 Å². The Labute approximate surface area is 180 Å². The molecule has 9 nitrogen and oxygen atoms in total. The van der Waals surface area contributed by atoms with E-state index in [9.17, 15) is 4.79 Å². The van der Waals surface area contributed by atoms with Crippen molar-refractivity contribution in [1.82, 2.24) is 5.32 Å². The third kappa shape index (κ3) is 5.15. The molecule has 1 amide bonds. The number of benzene rings is 1. The maximum Gasteiger partial charge on any atom is 0.217 e. The highest BCUT2D eigenvalue weighted by atomic mass is 16.7. The first-order valence-corrected chi connectivity index (χ1v) is 10.4. The predicted octanol–water partition coefficient (Wildman–Crippen LogP) is 3.16. The van der Waals surface area contributed by atoms with Crippen LogP contribution in [0.15, 0.2) is 59.8 Å². The fourth-order valence-electron chi connectivity index (χ4n) is 4.09. The second-order valence-electron chi connectivity index (χ2n) is 7.78. The lowest BCUT2D eigenvalue weighted by Gasteiger charge is -2.48. The molecule has 0 aromatic heterocycles. The molecule has 0 bridgehead atoms. The lowest BCUT2D eigenvalue weighted by Crippen LogP contribution is -2.66. The summed E-state index contributed by atoms with van der Waals surface area (Å²) in [6.45, 7) is 2.09. The summed E-state index contributed by atoms with van der Waals surface area (Å²) in [5.74, 6) is -0.0575. The minimum absolute atomic E-state index is 0.215. The summed E-state index contributed by atoms with van der Waals surface area (Å²) in [5.41, 5.74) is 9.91. The first-order chi connectivity index (χ1) is 15.2. The van der Waals surface area contributed by atoms with Crippen LogP contribution in [0, 0.1) is 5.92 Å². The summed E-state index contributed by atoms with van der Waals surface area (Å²) in [6.07, 6.45) is 5.96. The normalized spacial score (nSPS) is 34.4. The summed E-state index contributed by atoms with van der Waals surface area (Å²) < 4.78 is 24.4. The van der Waals surface area contributed by atoms with E-state index in [1.165, 1.54) is 6.92 Å². The molecule has 0 saturated carbocycles. The van der Waals surface area contributed by atoms with E-state index in [2.05, 4.69) is 27.5 Å². The zero-order valence-electron chi connectivity index (χ0n) is 17.2. The molecule has 7 atom stereocenters. The average molecular weight is 426 g/mol. The van der Waals surface area contributed by atoms with Gasteiger partial charge in [0.15, 0.2) is 12.5 Å². The quantitative estimate of drug-likeness (QED) is 0.426. The number of allylic oxidation sites excluding steroid dienone is 3. The molecule has 4 rings (SSSR count). The molecule has 31 heavy (non-hydrogen) atoms. The smallest absolute Gasteiger partial charge is 0.217 e. The van der Waals surface area contributed by atoms with Gasteiger partial charge >= 0.3 is 0 Å². The van der Waals surface area contributed by atoms with Gasteiger partial charge in [0.05, 0.1) is 19.3 Å². The number of carbonyl (C=O) groups is 1. The van der Waals surface area contributed by atoms with Crippen molar-refractivity contribution in [2.75, 3.05) is 13.2 Å². The van der Waals surface area contributed by atoms with Crippen molar-refractivity contribution >= 4 is 5.91 Å². The Kier molecular flexibility index (Phi) is 7.01. The van der Waals surface area contributed by atoms with Gasteiger partial charge in [0.2, 0.25) is 5.91 Å². The Bertz CT molecular complexity index is 870. The number of azide groups is 1. The second kappa shape index (κ2) is 10.1. The van der Waals surface area contributed by atoms with Crippen LogP contribution in [0.2, 0.25) is 0 Å². The number of ether oxygens (including phenoxy) is 4. The van der Waals surface area contributed by atoms with E-state index >= 15 is 0 Å². The van der Waals surface area contributed by atoms with Crippen LogP contribution < -0.4 is 5.32 Å². The monoisotopic (exact) mass is 426 g/mol. The fourth-order valence-corrected chi connectivity index (χ4v) is 4.09. The fraction of sp³-hybridized carbons (Fsp3) is 0.500. The molecule has 1 N–H and O–H groups in total. The molecule has 1 aliphatic carbocycles. The zero-order chi connectivity index (χ0) is 21.6. The van der Waals surface area contributed by atoms with E-state index in [-0.39, 0.29) is 18.4 Å². The number of hydrogen-bond acceptors (Lipinski definition) is 6. The number of fused-ring (bicyclic) bond motifs is 1. The van der Waals surface area contributed by atoms with E-state index in [4.69, 9.17) is 24.5 Å². The molecule has 0 spiro atoms. The topological polar surface area (TPSA) is 115 Å². The molecule has 3 aliphatic rings. The van der Waals surface area contributed by atoms with Crippen LogP contribution in [-0.2, 0) is 23.7 Å². The summed E-state index contributed by atoms with van der Waals surface area (Å²) in [7, 11) is 0. The van der Waals surface area contributed by atoms with Gasteiger partial charge in [-0.05, 0) is 12.0 Å². The van der Waals surface area contributed by atoms with Gasteiger partial charge in [-0.15, -0.1) is 0 Å². The van der Waals surface area contributed by atoms with Crippen molar-refractivity contribution in [3.8, 4) is 0 Å². The van der Waals surface area contributed by atoms with Crippen LogP contribution >= 0.6 is 0 Å². The first kappa shape index (κ1) is 21.5. The Hall–Kier alpha value is -2.68. The van der Waals surface area contributed by atoms with E-state index in [1.807, 2.05) is 42.5 Å². The van der Waals surface area contributed by atoms with E-state index in [1.54, 1.807) is 0 Å². The molecule has 0 unspecified atom stereocenters. The molecule has 1 aromatic rings. The van der Waals surface area contributed by atoms with Crippen molar-refractivity contribution in [2.24, 2.45) is 11.0 Å². The van der Waals surface area contributed by atoms with Crippen molar-refractivity contribution < 1.29 is 23.7 Å². The standard InChI is InChI=1S/C22H26N4O5/c1-14(27)24-18-20(28-12-15-8-4-2-5-9-15)19-17(30-21(18)25-26-23)13-29-22(31-19)16-10-6-3-7-11-16/h2-8,10-11,15,17-22H,9,12-13H2,1H3,(H,24,27)/t15-,17-,18-,19-,20-,21-,22-/m1/s1. The van der Waals surface area contributed by atoms with Gasteiger partial charge in [0.1, 0.15) is 18.3 Å². The van der Waals surface area contributed by atoms with Gasteiger partial charge in [-0.2, -0.15) is 0 Å². The van der Waals surface area contributed by atoms with Gasteiger partial charge < -0.3 is 24.3 Å². The Balaban J connectivity index is 1.58. The lowest BCUT2D eigenvalue weighted by atomic mass is 9.94. The Morgan fingerprint density at radius 3 is 2.84 bits per heavy atom. The summed E-state index contributed by atoms with van der Waals surface area (Å²) in [5, 5.41) is 6.59. The molecule has 164 valence electrons. The Morgan fingerprint density at radius 2 is 2.13 bits per heavy atom. The van der Waals surface area contributed by atoms with Crippen molar-refractivity contribution in [3.63, 3.8) is 0 Å². The average Bonchev–Trinajstić information content (AvgIpc) is 2.79. The minimum atomic E-state index is -0.928. The highest BCUT2D eigenvalue weighted by Gasteiger charge is 2.50. The van der Waals surface area contributed by atoms with Crippen LogP contribution in [0.1, 0.15) is 25.2 Å². The highest BCUT2D eigenvalue weighted by Crippen LogP contribution is 2.36. The van der Waals surface area contributed by atoms with Crippen LogP contribution in [-0.4, -0.2) is 49.7 Å². The summed E-state index contributed by atoms with van der Waals surface area (Å²) >= 11 is 0. The highest BCUT2D eigenvalue weighted by molar-refractivity contribution is 5.73. The van der Waals surface area contributed by atoms with E-state index in [0.29, 0.717) is 6.61 Å². The molecule has 2 saturated heterocycles. The molecule has 2 aliphatic heterocycles. The number of nitrogens with zero attached hydrogens (tertiary/aromatic N) is 3. The lowest BCUT2D eigenvalue weighted by molar-refractivity contribution is -0.319. The number of carbonyl (C=O) groups excluding carboxylic acids is 1. The summed E-state index contributed by atoms with van der Waals surface area (Å²) in [6, 6.07) is 8.93. The maximum atomic E-state index is 11.9. The van der Waals surface area contributed by atoms with E-state index < -0.39 is 36.9 Å². The van der Waals surface area contributed by atoms with Crippen molar-refractivity contribution in [2.45, 2.75) is 50.2 Å². The molecule has 9 heteroatoms. The van der Waals surface area contributed by atoms with Gasteiger partial charge in [-0.25, -0.2) is 0 Å². The van der Waals surface area contributed by atoms with Crippen LogP contribution in [0.25, 0.3) is 10.4 Å². The van der Waals surface area contributed by atoms with Crippen LogP contribution in [0.5, 0.6) is 0 Å². The second-order valence-corrected chi connectivity index (χ2v) is 7.78. The van der Waals surface area contributed by atoms with Gasteiger partial charge in [0, 0.05) is 23.3 Å². The zero-order valence-corrected chi connectivity index (χ0v) is 17.2. The number of hydrogen-bond donors (Lipinski definition) is 1. The first-order valence-electron chi connectivity index (χ1n) is 10.4. The molecular formula is C22H26N4O5. The van der Waals surface area contributed by atoms with Gasteiger partial charge in [-0.3, -0.25) is 4.79 Å². The van der Waals surface area contributed by atoms with Crippen molar-refractivity contribution in [3.05, 3.63) is 70.6 Å². The minimum Gasteiger partial charge on any atom is -0.373 e. The van der Waals surface area contributed by atoms with E-state index in [0.717, 1.165) is 12.0 Å². The van der Waals surface area contributed by atoms with Gasteiger partial charge in [-0.1, -0.05) is 59.8 Å². The third-order valence-corrected chi connectivity index (χ3v) is 5.54. The van der Waals surface area contributed by atoms with Crippen LogP contribution in [0.4, 0.5) is 0 Å². The molecular weight excluding hydrogens is 400 g/mol. The molecule has 2 heterocycles. The number of nitrogens with one attached hydrogen (secondary N) is 1. The molecule has 0 radical (unpaired) electrons. The predicted molar refractivity (Wildman–Crippen MR) is 112 cm³/mol. The maximum absolute atomic E-state index is 11.9. The Morgan fingerprint density at radius 1 is 1.29 bits per heavy atom.